The number of rotatable bonds is 1. The summed E-state index contributed by atoms with van der Waals surface area (Å²) in [6, 6.07) is 14.6. The summed E-state index contributed by atoms with van der Waals surface area (Å²) in [5.41, 5.74) is 5.20. The fourth-order valence-electron chi connectivity index (χ4n) is 2.08. The average Bonchev–Trinajstić information content (AvgIpc) is 2.45. The summed E-state index contributed by atoms with van der Waals surface area (Å²) in [5, 5.41) is 10.8. The highest BCUT2D eigenvalue weighted by molar-refractivity contribution is 6.04. The molecule has 0 spiro atoms. The van der Waals surface area contributed by atoms with E-state index in [0.29, 0.717) is 0 Å². The normalized spacial score (nSPS) is 8.65. The van der Waals surface area contributed by atoms with Crippen molar-refractivity contribution in [1.29, 1.82) is 10.8 Å². The molecule has 2 aromatic carbocycles. The van der Waals surface area contributed by atoms with Gasteiger partial charge in [-0.15, -0.1) is 0 Å². The molecular formula is C15H12N2O3. The Morgan fingerprint density at radius 3 is 1.90 bits per heavy atom. The van der Waals surface area contributed by atoms with Gasteiger partial charge in [0.25, 0.3) is 0 Å². The van der Waals surface area contributed by atoms with Crippen LogP contribution >= 0.6 is 0 Å². The van der Waals surface area contributed by atoms with Gasteiger partial charge in [-0.3, -0.25) is 0 Å². The van der Waals surface area contributed by atoms with Crippen molar-refractivity contribution in [3.05, 3.63) is 42.5 Å². The maximum Gasteiger partial charge on any atom is 0.231 e. The van der Waals surface area contributed by atoms with Crippen LogP contribution in [0.2, 0.25) is 0 Å². The van der Waals surface area contributed by atoms with Crippen LogP contribution in [0.3, 0.4) is 0 Å². The van der Waals surface area contributed by atoms with Gasteiger partial charge in [0.2, 0.25) is 12.2 Å². The number of hydrogen-bond donors (Lipinski definition) is 2. The smallest absolute Gasteiger partial charge is 0.231 e. The molecule has 0 fully saturated rings. The summed E-state index contributed by atoms with van der Waals surface area (Å²) >= 11 is 0. The first kappa shape index (κ1) is 15.1. The first-order valence-electron chi connectivity index (χ1n) is 5.59. The Balaban J connectivity index is 0.000000290. The minimum absolute atomic E-state index is 0.750. The minimum Gasteiger partial charge on any atom is -0.496 e. The highest BCUT2D eigenvalue weighted by Gasteiger charge is 2.24. The van der Waals surface area contributed by atoms with Crippen LogP contribution in [-0.4, -0.2) is 19.3 Å². The van der Waals surface area contributed by atoms with Gasteiger partial charge in [-0.2, -0.15) is 0 Å². The lowest BCUT2D eigenvalue weighted by atomic mass is 9.80. The van der Waals surface area contributed by atoms with Crippen molar-refractivity contribution in [3.63, 3.8) is 0 Å². The zero-order valence-electron chi connectivity index (χ0n) is 10.8. The number of hydrogen-bond acceptors (Lipinski definition) is 5. The Hall–Kier alpha value is -3.00. The summed E-state index contributed by atoms with van der Waals surface area (Å²) in [4.78, 5) is 16.7. The maximum absolute atomic E-state index is 8.35. The first-order chi connectivity index (χ1) is 9.74. The molecule has 0 atom stereocenters. The molecule has 0 amide bonds. The second-order valence-corrected chi connectivity index (χ2v) is 3.63. The largest absolute Gasteiger partial charge is 0.496 e. The molecule has 2 N–H and O–H groups in total. The Morgan fingerprint density at radius 1 is 0.850 bits per heavy atom. The van der Waals surface area contributed by atoms with Gasteiger partial charge >= 0.3 is 0 Å². The Bertz CT molecular complexity index is 657. The van der Waals surface area contributed by atoms with Gasteiger partial charge in [-0.25, -0.2) is 20.4 Å². The van der Waals surface area contributed by atoms with Gasteiger partial charge in [0.1, 0.15) is 5.75 Å². The van der Waals surface area contributed by atoms with Crippen LogP contribution in [0.25, 0.3) is 22.3 Å². The highest BCUT2D eigenvalue weighted by atomic mass is 16.5. The topological polar surface area (TPSA) is 91.1 Å². The Kier molecular flexibility index (Phi) is 5.60. The molecule has 100 valence electrons. The second-order valence-electron chi connectivity index (χ2n) is 3.63. The molecule has 2 aromatic rings. The SMILES string of the molecule is COc1cccc2c1-c1ccccc1-2.N=C=O.N=C=O. The van der Waals surface area contributed by atoms with Crippen molar-refractivity contribution < 1.29 is 14.3 Å². The van der Waals surface area contributed by atoms with Crippen LogP contribution in [0.15, 0.2) is 42.5 Å². The van der Waals surface area contributed by atoms with E-state index in [4.69, 9.17) is 25.1 Å². The molecule has 0 saturated carbocycles. The molecule has 0 heterocycles. The number of ether oxygens (including phenoxy) is 1. The average molecular weight is 268 g/mol. The van der Waals surface area contributed by atoms with E-state index < -0.39 is 0 Å². The van der Waals surface area contributed by atoms with E-state index in [-0.39, 0.29) is 0 Å². The van der Waals surface area contributed by atoms with Crippen molar-refractivity contribution in [2.45, 2.75) is 0 Å². The standard InChI is InChI=1S/C13H10O.2CHNO/c1-14-12-8-4-7-11-9-5-2-3-6-10(9)13(11)12;2*2-1-3/h2-8H,1H3;2*2H. The quantitative estimate of drug-likeness (QED) is 0.524. The molecule has 0 aliphatic heterocycles. The lowest BCUT2D eigenvalue weighted by Crippen LogP contribution is -2.00. The molecule has 0 radical (unpaired) electrons. The summed E-state index contributed by atoms with van der Waals surface area (Å²) in [5.74, 6) is 0.973. The van der Waals surface area contributed by atoms with Crippen molar-refractivity contribution in [2.24, 2.45) is 0 Å². The van der Waals surface area contributed by atoms with Gasteiger partial charge in [0.05, 0.1) is 7.11 Å². The number of nitrogens with one attached hydrogen (secondary N) is 2. The van der Waals surface area contributed by atoms with Crippen molar-refractivity contribution >= 4 is 12.2 Å². The Labute approximate surface area is 115 Å². The molecule has 3 rings (SSSR count). The molecule has 20 heavy (non-hydrogen) atoms. The van der Waals surface area contributed by atoms with Crippen LogP contribution in [0.1, 0.15) is 0 Å². The number of carbonyl (C=O) groups excluding carboxylic acids is 2. The van der Waals surface area contributed by atoms with E-state index >= 15 is 0 Å². The fraction of sp³-hybridized carbons (Fsp3) is 0.0667. The van der Waals surface area contributed by atoms with Gasteiger partial charge in [0, 0.05) is 5.56 Å². The number of fused-ring (bicyclic) bond motifs is 4. The minimum atomic E-state index is 0.750. The van der Waals surface area contributed by atoms with E-state index in [9.17, 15) is 0 Å². The molecule has 5 nitrogen and oxygen atoms in total. The third kappa shape index (κ3) is 2.87. The summed E-state index contributed by atoms with van der Waals surface area (Å²) < 4.78 is 5.33. The number of benzene rings is 2. The van der Waals surface area contributed by atoms with Gasteiger partial charge in [0.15, 0.2) is 0 Å². The molecular weight excluding hydrogens is 256 g/mol. The maximum atomic E-state index is 8.35. The van der Waals surface area contributed by atoms with E-state index in [2.05, 4.69) is 30.3 Å². The summed E-state index contributed by atoms with van der Waals surface area (Å²) in [6.45, 7) is 0. The summed E-state index contributed by atoms with van der Waals surface area (Å²) in [7, 11) is 1.72. The molecule has 1 aliphatic carbocycles. The highest BCUT2D eigenvalue weighted by Crippen LogP contribution is 2.51. The van der Waals surface area contributed by atoms with E-state index in [1.54, 1.807) is 7.11 Å². The second kappa shape index (κ2) is 7.44. The van der Waals surface area contributed by atoms with Crippen LogP contribution < -0.4 is 4.74 Å². The van der Waals surface area contributed by atoms with Crippen LogP contribution in [0.5, 0.6) is 5.75 Å². The third-order valence-electron chi connectivity index (χ3n) is 2.73. The van der Waals surface area contributed by atoms with Gasteiger partial charge in [-0.1, -0.05) is 36.4 Å². The monoisotopic (exact) mass is 268 g/mol. The van der Waals surface area contributed by atoms with Gasteiger partial charge in [-0.05, 0) is 22.8 Å². The molecule has 0 aromatic heterocycles. The van der Waals surface area contributed by atoms with Crippen LogP contribution in [0.4, 0.5) is 0 Å². The Morgan fingerprint density at radius 2 is 1.35 bits per heavy atom. The number of isocyanates is 2. The first-order valence-corrected chi connectivity index (χ1v) is 5.59. The van der Waals surface area contributed by atoms with Crippen molar-refractivity contribution in [2.75, 3.05) is 7.11 Å². The lowest BCUT2D eigenvalue weighted by Gasteiger charge is -2.25. The fourth-order valence-corrected chi connectivity index (χ4v) is 2.08. The lowest BCUT2D eigenvalue weighted by molar-refractivity contribution is 0.416. The van der Waals surface area contributed by atoms with Crippen LogP contribution in [-0.2, 0) is 9.59 Å². The molecule has 5 heteroatoms. The van der Waals surface area contributed by atoms with Crippen LogP contribution in [0, 0.1) is 10.8 Å². The third-order valence-corrected chi connectivity index (χ3v) is 2.73. The molecule has 0 bridgehead atoms. The van der Waals surface area contributed by atoms with E-state index in [1.165, 1.54) is 22.3 Å². The van der Waals surface area contributed by atoms with E-state index in [0.717, 1.165) is 17.9 Å². The molecule has 0 unspecified atom stereocenters. The van der Waals surface area contributed by atoms with E-state index in [1.807, 2.05) is 12.1 Å². The number of methoxy groups -OCH3 is 1. The van der Waals surface area contributed by atoms with Gasteiger partial charge < -0.3 is 4.74 Å². The molecule has 1 aliphatic rings. The predicted molar refractivity (Wildman–Crippen MR) is 74.3 cm³/mol. The van der Waals surface area contributed by atoms with Crippen molar-refractivity contribution in [1.82, 2.24) is 0 Å². The molecule has 0 saturated heterocycles. The zero-order chi connectivity index (χ0) is 15.0. The predicted octanol–water partition coefficient (Wildman–Crippen LogP) is 3.14. The van der Waals surface area contributed by atoms with Crippen molar-refractivity contribution in [3.8, 4) is 28.0 Å². The summed E-state index contributed by atoms with van der Waals surface area (Å²) in [6.07, 6.45) is 1.50. The zero-order valence-corrected chi connectivity index (χ0v) is 10.8.